The van der Waals surface area contributed by atoms with Crippen molar-refractivity contribution in [2.45, 2.75) is 178 Å². The number of carbonyl (C=O) groups excluding carboxylic acids is 2. The Morgan fingerprint density at radius 3 is 1.34 bits per heavy atom. The fraction of sp³-hybridized carbons (Fsp3) is 0.606. The molecule has 4 fully saturated rings. The predicted molar refractivity (Wildman–Crippen MR) is 348 cm³/mol. The van der Waals surface area contributed by atoms with Crippen LogP contribution < -0.4 is 14.2 Å². The van der Waals surface area contributed by atoms with E-state index in [1.165, 1.54) is 54.1 Å². The third-order valence-electron chi connectivity index (χ3n) is 20.8. The molecule has 4 aromatic carbocycles. The van der Waals surface area contributed by atoms with Gasteiger partial charge in [-0.25, -0.2) is 9.59 Å². The maximum atomic E-state index is 13.3. The number of aliphatic hydroxyl groups is 2. The number of nitro groups is 2. The maximum absolute atomic E-state index is 13.3. The highest BCUT2D eigenvalue weighted by Crippen LogP contribution is 2.64. The minimum Gasteiger partial charge on any atom is -0.508 e. The fourth-order valence-electron chi connectivity index (χ4n) is 16.1. The molecule has 2 unspecified atom stereocenters. The predicted octanol–water partition coefficient (Wildman–Crippen LogP) is 17.4. The Morgan fingerprint density at radius 2 is 0.938 bits per heavy atom. The molecule has 0 heterocycles. The Kier molecular flexibility index (Phi) is 26.4. The van der Waals surface area contributed by atoms with Crippen molar-refractivity contribution in [1.29, 1.82) is 0 Å². The average Bonchev–Trinajstić information content (AvgIpc) is 1.42. The van der Waals surface area contributed by atoms with Crippen LogP contribution in [0.5, 0.6) is 23.0 Å². The van der Waals surface area contributed by atoms with Crippen molar-refractivity contribution >= 4 is 80.1 Å². The van der Waals surface area contributed by atoms with E-state index < -0.39 is 99.0 Å². The normalized spacial score (nSPS) is 27.1. The van der Waals surface area contributed by atoms with Gasteiger partial charge in [0.15, 0.2) is 0 Å². The zero-order chi connectivity index (χ0) is 69.6. The number of nitro benzene ring substituents is 2. The van der Waals surface area contributed by atoms with Crippen molar-refractivity contribution in [2.75, 3.05) is 23.0 Å². The number of phenolic OH excluding ortho intramolecular Hbond substituents is 1. The molecule has 3 N–H and O–H groups in total. The lowest BCUT2D eigenvalue weighted by atomic mass is 9.52. The van der Waals surface area contributed by atoms with Gasteiger partial charge in [0.05, 0.1) is 22.1 Å². The summed E-state index contributed by atoms with van der Waals surface area (Å²) >= 11 is 4.92. The molecule has 6 aliphatic carbocycles. The zero-order valence-electron chi connectivity index (χ0n) is 52.5. The van der Waals surface area contributed by atoms with Crippen molar-refractivity contribution in [3.8, 4) is 23.0 Å². The molecule has 0 aliphatic heterocycles. The molecule has 96 heavy (non-hydrogen) atoms. The molecular formula is C66H78ClF10IN2O14S2. The summed E-state index contributed by atoms with van der Waals surface area (Å²) in [5.74, 6) is -6.45. The number of aliphatic hydroxyl groups excluding tert-OH is 2. The smallest absolute Gasteiger partial charge is 0.508 e. The van der Waals surface area contributed by atoms with E-state index in [0.29, 0.717) is 43.4 Å². The Hall–Kier alpha value is -5.24. The quantitative estimate of drug-likeness (QED) is 0.0134. The SMILES string of the molecule is C[C@]12CC[C@@H]3c4ccc(O)cc4C[C@@H](CCCS(=O)CCCC(F)(F)C(F)(F)F)[C@H]3[C@@H]1CC[C@@H]2O.C[C@]12CC[C@@H]3c4ccc(OC(=O)Oc5ccc([N+](=O)[O-])cc5)cc4C[C@@H](CCCS(=O)CCCC(F)(F)C(F)(F)F)[C@H]3[C@@H]1CC[C@@H]2O.I.O=C(Cl)Oc1ccc([N+](=O)[O-])cc1. The molecule has 0 amide bonds. The van der Waals surface area contributed by atoms with Crippen LogP contribution in [0.15, 0.2) is 84.9 Å². The number of alkyl halides is 10. The molecule has 10 rings (SSSR count). The third-order valence-corrected chi connectivity index (χ3v) is 23.9. The molecule has 16 nitrogen and oxygen atoms in total. The number of benzene rings is 4. The van der Waals surface area contributed by atoms with Gasteiger partial charge in [-0.3, -0.25) is 28.6 Å². The van der Waals surface area contributed by atoms with E-state index in [4.69, 9.17) is 21.1 Å². The van der Waals surface area contributed by atoms with E-state index in [1.807, 2.05) is 18.2 Å². The monoisotopic (exact) mass is 1540 g/mol. The molecule has 0 aromatic heterocycles. The van der Waals surface area contributed by atoms with Crippen molar-refractivity contribution in [2.24, 2.45) is 46.3 Å². The van der Waals surface area contributed by atoms with Gasteiger partial charge in [-0.2, -0.15) is 43.9 Å². The van der Waals surface area contributed by atoms with Crippen molar-refractivity contribution in [1.82, 2.24) is 0 Å². The van der Waals surface area contributed by atoms with Gasteiger partial charge in [0.25, 0.3) is 11.4 Å². The highest BCUT2D eigenvalue weighted by atomic mass is 127. The van der Waals surface area contributed by atoms with Gasteiger partial charge in [0.2, 0.25) is 0 Å². The summed E-state index contributed by atoms with van der Waals surface area (Å²) in [5.41, 5.74) is 3.03. The van der Waals surface area contributed by atoms with E-state index in [1.54, 1.807) is 18.2 Å². The van der Waals surface area contributed by atoms with Crippen molar-refractivity contribution < 1.29 is 101 Å². The first kappa shape index (κ1) is 78.1. The van der Waals surface area contributed by atoms with Crippen molar-refractivity contribution in [3.63, 3.8) is 0 Å². The maximum Gasteiger partial charge on any atom is 0.519 e. The molecule has 0 spiro atoms. The first-order valence-electron chi connectivity index (χ1n) is 31.7. The lowest BCUT2D eigenvalue weighted by Crippen LogP contribution is -2.47. The summed E-state index contributed by atoms with van der Waals surface area (Å²) in [6, 6.07) is 21.1. The Balaban J connectivity index is 0.000000232. The summed E-state index contributed by atoms with van der Waals surface area (Å²) in [4.78, 5) is 42.7. The minimum atomic E-state index is -5.62. The third kappa shape index (κ3) is 18.8. The van der Waals surface area contributed by atoms with Gasteiger partial charge in [0, 0.05) is 93.3 Å². The van der Waals surface area contributed by atoms with Gasteiger partial charge in [-0.15, -0.1) is 24.0 Å². The molecule has 0 radical (unpaired) electrons. The highest BCUT2D eigenvalue weighted by molar-refractivity contribution is 14.0. The summed E-state index contributed by atoms with van der Waals surface area (Å²) in [6.45, 7) is 4.35. The minimum absolute atomic E-state index is 0. The number of rotatable bonds is 21. The molecule has 0 bridgehead atoms. The largest absolute Gasteiger partial charge is 0.519 e. The number of ether oxygens (including phenoxy) is 3. The lowest BCUT2D eigenvalue weighted by molar-refractivity contribution is -0.385. The topological polar surface area (TPSA) is 243 Å². The van der Waals surface area contributed by atoms with E-state index in [9.17, 15) is 97.5 Å². The molecule has 14 atom stereocenters. The van der Waals surface area contributed by atoms with Crippen LogP contribution in [0.4, 0.5) is 64.9 Å². The summed E-state index contributed by atoms with van der Waals surface area (Å²) < 4.78 is 167. The van der Waals surface area contributed by atoms with Crippen LogP contribution in [-0.2, 0) is 34.4 Å². The van der Waals surface area contributed by atoms with Crippen LogP contribution in [0.3, 0.4) is 0 Å². The summed E-state index contributed by atoms with van der Waals surface area (Å²) in [7, 11) is -2.98. The van der Waals surface area contributed by atoms with E-state index in [-0.39, 0.29) is 128 Å². The van der Waals surface area contributed by atoms with E-state index in [0.717, 1.165) is 80.9 Å². The average molecular weight is 1540 g/mol. The molecule has 0 saturated heterocycles. The standard InChI is InChI=1S/C33H38F5NO7S.C26H35F5O3S.C7H4ClNO4.HI/c1-31-15-13-26-25-10-9-24(46-30(41)45-23-7-5-22(6-8-23)39(42)43)19-21(25)18-20(29(26)27(31)11-12-28(31)40)4-2-16-47(44)17-3-14-32(34,35)33(36,37)38;1-24-11-9-20-19-6-5-18(32)15-17(19)14-16(23(20)21(24)7-8-22(24)33)4-2-12-35(34)13-3-10-25(27,28)26(29,30)31;8-7(10)13-6-3-1-5(2-4-6)9(11)12;/h5-10,19-20,26-29,40H,2-4,11-18H2,1H3;5-6,15-16,20-23,32-33H,2-4,7-14H2,1H3;1-4H;1H/t20-,26-,27+,28+,29-,31+,47?;16-,20-,21+,22+,23-,24+,35?;;/m11../s1. The first-order valence-corrected chi connectivity index (χ1v) is 35.0. The van der Waals surface area contributed by atoms with Gasteiger partial charge in [0.1, 0.15) is 23.0 Å². The Bertz CT molecular complexity index is 3410. The van der Waals surface area contributed by atoms with Crippen LogP contribution in [-0.4, -0.2) is 105 Å². The molecule has 4 saturated carbocycles. The Morgan fingerprint density at radius 1 is 0.562 bits per heavy atom. The number of aromatic hydroxyl groups is 1. The van der Waals surface area contributed by atoms with Crippen molar-refractivity contribution in [3.05, 3.63) is 127 Å². The second kappa shape index (κ2) is 32.4. The first-order chi connectivity index (χ1) is 44.5. The summed E-state index contributed by atoms with van der Waals surface area (Å²) in [5, 5.41) is 52.7. The van der Waals surface area contributed by atoms with E-state index in [2.05, 4.69) is 18.6 Å². The molecule has 4 aromatic rings. The fourth-order valence-corrected chi connectivity index (χ4v) is 18.5. The van der Waals surface area contributed by atoms with Crippen LogP contribution in [0.2, 0.25) is 0 Å². The zero-order valence-corrected chi connectivity index (χ0v) is 57.2. The summed E-state index contributed by atoms with van der Waals surface area (Å²) in [6.07, 6.45) is -5.52. The molecule has 30 heteroatoms. The van der Waals surface area contributed by atoms with E-state index >= 15 is 0 Å². The van der Waals surface area contributed by atoms with Crippen LogP contribution >= 0.6 is 35.6 Å². The van der Waals surface area contributed by atoms with Gasteiger partial charge < -0.3 is 29.5 Å². The highest BCUT2D eigenvalue weighted by Gasteiger charge is 2.60. The Labute approximate surface area is 575 Å². The van der Waals surface area contributed by atoms with Crippen LogP contribution in [0.25, 0.3) is 0 Å². The molecular weight excluding hydrogens is 1460 g/mol. The van der Waals surface area contributed by atoms with Crippen LogP contribution in [0, 0.1) is 66.6 Å². The van der Waals surface area contributed by atoms with Gasteiger partial charge in [-0.1, -0.05) is 26.0 Å². The number of phenols is 1. The number of hydrogen-bond acceptors (Lipinski definition) is 14. The van der Waals surface area contributed by atoms with Crippen LogP contribution in [0.1, 0.15) is 151 Å². The number of carbonyl (C=O) groups is 2. The number of hydrogen-bond donors (Lipinski definition) is 3. The van der Waals surface area contributed by atoms with Gasteiger partial charge >= 0.3 is 35.8 Å². The number of nitrogens with zero attached hydrogens (tertiary/aromatic N) is 2. The molecule has 6 aliphatic rings. The number of non-ortho nitro benzene ring substituents is 2. The number of halogens is 12. The second-order valence-corrected chi connectivity index (χ2v) is 30.1. The number of fused-ring (bicyclic) bond motifs is 10. The van der Waals surface area contributed by atoms with Gasteiger partial charge in [-0.05, 0) is 232 Å². The lowest BCUT2D eigenvalue weighted by Gasteiger charge is -2.53. The second-order valence-electron chi connectivity index (χ2n) is 26.4. The molecule has 532 valence electrons.